The molecule has 0 bridgehead atoms. The molecule has 116 valence electrons. The number of phenols is 1. The van der Waals surface area contributed by atoms with E-state index in [1.807, 2.05) is 30.3 Å². The monoisotopic (exact) mass is 313 g/mol. The first-order valence-electron chi connectivity index (χ1n) is 7.97. The van der Waals surface area contributed by atoms with Gasteiger partial charge in [-0.05, 0) is 47.9 Å². The Bertz CT molecular complexity index is 991. The molecule has 0 aliphatic rings. The van der Waals surface area contributed by atoms with Crippen LogP contribution in [-0.4, -0.2) is 5.11 Å². The predicted molar refractivity (Wildman–Crippen MR) is 97.0 cm³/mol. The zero-order chi connectivity index (χ0) is 16.4. The minimum atomic E-state index is 0.209. The second-order valence-corrected chi connectivity index (χ2v) is 5.88. The van der Waals surface area contributed by atoms with E-state index < -0.39 is 0 Å². The van der Waals surface area contributed by atoms with Gasteiger partial charge in [-0.2, -0.15) is 0 Å². The lowest BCUT2D eigenvalue weighted by Gasteiger charge is -2.02. The minimum absolute atomic E-state index is 0.209. The summed E-state index contributed by atoms with van der Waals surface area (Å²) < 4.78 is 5.97. The van der Waals surface area contributed by atoms with E-state index in [1.54, 1.807) is 12.1 Å². The van der Waals surface area contributed by atoms with Crippen molar-refractivity contribution < 1.29 is 9.52 Å². The lowest BCUT2D eigenvalue weighted by molar-refractivity contribution is 0.474. The second-order valence-electron chi connectivity index (χ2n) is 5.88. The Balaban J connectivity index is 1.70. The van der Waals surface area contributed by atoms with Gasteiger partial charge in [0.2, 0.25) is 0 Å². The molecule has 0 atom stereocenters. The molecule has 4 aromatic rings. The molecular formula is C22H17O2+. The fourth-order valence-electron chi connectivity index (χ4n) is 2.89. The molecule has 0 aliphatic carbocycles. The number of fused-ring (bicyclic) bond motifs is 1. The van der Waals surface area contributed by atoms with Crippen LogP contribution in [0, 0.1) is 0 Å². The summed E-state index contributed by atoms with van der Waals surface area (Å²) in [6.07, 6.45) is 0.892. The van der Waals surface area contributed by atoms with Crippen molar-refractivity contribution in [2.45, 2.75) is 6.42 Å². The van der Waals surface area contributed by atoms with Crippen LogP contribution in [0.2, 0.25) is 0 Å². The van der Waals surface area contributed by atoms with Gasteiger partial charge >= 0.3 is 11.3 Å². The first-order valence-corrected chi connectivity index (χ1v) is 7.97. The van der Waals surface area contributed by atoms with Gasteiger partial charge in [0.05, 0.1) is 17.0 Å². The van der Waals surface area contributed by atoms with Crippen LogP contribution < -0.4 is 0 Å². The number of rotatable bonds is 3. The van der Waals surface area contributed by atoms with Crippen LogP contribution in [0.5, 0.6) is 5.75 Å². The number of aromatic hydroxyl groups is 1. The van der Waals surface area contributed by atoms with E-state index in [0.717, 1.165) is 23.1 Å². The van der Waals surface area contributed by atoms with E-state index in [2.05, 4.69) is 42.5 Å². The molecule has 3 aromatic carbocycles. The van der Waals surface area contributed by atoms with E-state index in [-0.39, 0.29) is 5.75 Å². The normalized spacial score (nSPS) is 10.8. The van der Waals surface area contributed by atoms with Gasteiger partial charge in [0.1, 0.15) is 5.75 Å². The van der Waals surface area contributed by atoms with Crippen molar-refractivity contribution in [2.75, 3.05) is 0 Å². The third-order valence-corrected chi connectivity index (χ3v) is 4.09. The van der Waals surface area contributed by atoms with Crippen LogP contribution in [0.1, 0.15) is 11.1 Å². The molecule has 1 N–H and O–H groups in total. The second kappa shape index (κ2) is 6.17. The van der Waals surface area contributed by atoms with Crippen LogP contribution in [0.3, 0.4) is 0 Å². The van der Waals surface area contributed by atoms with Gasteiger partial charge in [-0.1, -0.05) is 42.5 Å². The average Bonchev–Trinajstić information content (AvgIpc) is 2.62. The third-order valence-electron chi connectivity index (χ3n) is 4.09. The molecule has 4 rings (SSSR count). The first-order chi connectivity index (χ1) is 11.8. The highest BCUT2D eigenvalue weighted by molar-refractivity contribution is 5.80. The molecule has 0 unspecified atom stereocenters. The molecule has 0 radical (unpaired) electrons. The quantitative estimate of drug-likeness (QED) is 0.494. The highest BCUT2D eigenvalue weighted by Gasteiger charge is 2.15. The largest absolute Gasteiger partial charge is 0.508 e. The van der Waals surface area contributed by atoms with Gasteiger partial charge in [0, 0.05) is 6.07 Å². The maximum Gasteiger partial charge on any atom is 0.364 e. The lowest BCUT2D eigenvalue weighted by atomic mass is 10.0. The Morgan fingerprint density at radius 3 is 2.38 bits per heavy atom. The van der Waals surface area contributed by atoms with Crippen LogP contribution in [0.4, 0.5) is 0 Å². The van der Waals surface area contributed by atoms with Gasteiger partial charge in [-0.15, -0.1) is 0 Å². The highest BCUT2D eigenvalue weighted by atomic mass is 16.3. The van der Waals surface area contributed by atoms with Crippen LogP contribution in [0.15, 0.2) is 89.3 Å². The van der Waals surface area contributed by atoms with Gasteiger partial charge in [0.15, 0.2) is 0 Å². The molecule has 0 fully saturated rings. The Kier molecular flexibility index (Phi) is 3.72. The molecule has 0 aliphatic heterocycles. The van der Waals surface area contributed by atoms with Crippen molar-refractivity contribution in [1.82, 2.24) is 0 Å². The molecule has 0 saturated heterocycles. The Hall–Kier alpha value is -3.13. The maximum atomic E-state index is 9.64. The van der Waals surface area contributed by atoms with Crippen molar-refractivity contribution in [1.29, 1.82) is 0 Å². The summed E-state index contributed by atoms with van der Waals surface area (Å²) >= 11 is 0. The van der Waals surface area contributed by atoms with Gasteiger partial charge < -0.3 is 5.11 Å². The summed E-state index contributed by atoms with van der Waals surface area (Å²) in [5.41, 5.74) is 4.24. The van der Waals surface area contributed by atoms with Gasteiger partial charge in [-0.25, -0.2) is 4.42 Å². The standard InChI is InChI=1S/C22H16O2/c23-20-11-9-18-10-12-21(24-22(18)15-20)19-8-4-7-17(14-19)13-16-5-2-1-3-6-16/h1-12,14-15H,13H2/p+1. The fraction of sp³-hybridized carbons (Fsp3) is 0.0455. The van der Waals surface area contributed by atoms with Crippen molar-refractivity contribution in [3.8, 4) is 17.1 Å². The van der Waals surface area contributed by atoms with Crippen molar-refractivity contribution in [3.63, 3.8) is 0 Å². The number of benzene rings is 3. The Morgan fingerprint density at radius 1 is 0.708 bits per heavy atom. The lowest BCUT2D eigenvalue weighted by Crippen LogP contribution is -1.88. The summed E-state index contributed by atoms with van der Waals surface area (Å²) in [5, 5.41) is 10.6. The highest BCUT2D eigenvalue weighted by Crippen LogP contribution is 2.27. The van der Waals surface area contributed by atoms with Crippen molar-refractivity contribution in [3.05, 3.63) is 96.1 Å². The summed E-state index contributed by atoms with van der Waals surface area (Å²) in [6, 6.07) is 27.9. The van der Waals surface area contributed by atoms with E-state index in [4.69, 9.17) is 4.42 Å². The van der Waals surface area contributed by atoms with Crippen LogP contribution in [0.25, 0.3) is 22.3 Å². The fourth-order valence-corrected chi connectivity index (χ4v) is 2.89. The predicted octanol–water partition coefficient (Wildman–Crippen LogP) is 5.68. The summed E-state index contributed by atoms with van der Waals surface area (Å²) in [4.78, 5) is 0. The smallest absolute Gasteiger partial charge is 0.364 e. The summed E-state index contributed by atoms with van der Waals surface area (Å²) in [5.74, 6) is 1.00. The zero-order valence-corrected chi connectivity index (χ0v) is 13.1. The molecule has 24 heavy (non-hydrogen) atoms. The molecule has 0 spiro atoms. The SMILES string of the molecule is Oc1ccc2ccc(-c3cccc(Cc4ccccc4)c3)[o+]c2c1. The van der Waals surface area contributed by atoms with Gasteiger partial charge in [0.25, 0.3) is 0 Å². The number of phenolic OH excluding ortho intramolecular Hbond substituents is 1. The molecule has 2 nitrogen and oxygen atoms in total. The van der Waals surface area contributed by atoms with E-state index >= 15 is 0 Å². The van der Waals surface area contributed by atoms with E-state index in [9.17, 15) is 5.11 Å². The average molecular weight is 313 g/mol. The summed E-state index contributed by atoms with van der Waals surface area (Å²) in [7, 11) is 0. The minimum Gasteiger partial charge on any atom is -0.508 e. The first kappa shape index (κ1) is 14.5. The van der Waals surface area contributed by atoms with E-state index in [1.165, 1.54) is 11.1 Å². The Morgan fingerprint density at radius 2 is 1.50 bits per heavy atom. The molecule has 1 aromatic heterocycles. The third kappa shape index (κ3) is 2.99. The molecule has 0 saturated carbocycles. The van der Waals surface area contributed by atoms with Crippen LogP contribution >= 0.6 is 0 Å². The van der Waals surface area contributed by atoms with E-state index in [0.29, 0.717) is 5.58 Å². The summed E-state index contributed by atoms with van der Waals surface area (Å²) in [6.45, 7) is 0. The maximum absolute atomic E-state index is 9.64. The molecular weight excluding hydrogens is 296 g/mol. The van der Waals surface area contributed by atoms with Gasteiger partial charge in [-0.3, -0.25) is 0 Å². The molecule has 1 heterocycles. The number of hydrogen-bond acceptors (Lipinski definition) is 1. The van der Waals surface area contributed by atoms with Crippen LogP contribution in [-0.2, 0) is 6.42 Å². The molecule has 0 amide bonds. The zero-order valence-electron chi connectivity index (χ0n) is 13.1. The van der Waals surface area contributed by atoms with Crippen molar-refractivity contribution >= 4 is 11.0 Å². The Labute approximate surface area is 140 Å². The van der Waals surface area contributed by atoms with Crippen molar-refractivity contribution in [2.24, 2.45) is 0 Å². The number of hydrogen-bond donors (Lipinski definition) is 1. The molecule has 2 heteroatoms. The topological polar surface area (TPSA) is 31.5 Å².